The van der Waals surface area contributed by atoms with E-state index in [2.05, 4.69) is 59.1 Å². The van der Waals surface area contributed by atoms with E-state index in [4.69, 9.17) is 42.0 Å². The van der Waals surface area contributed by atoms with Crippen molar-refractivity contribution in [3.8, 4) is 11.5 Å². The molecule has 1 heterocycles. The van der Waals surface area contributed by atoms with Crippen LogP contribution in [0.15, 0.2) is 36.4 Å². The van der Waals surface area contributed by atoms with Gasteiger partial charge in [-0.15, -0.1) is 0 Å². The van der Waals surface area contributed by atoms with Gasteiger partial charge in [0, 0.05) is 17.5 Å². The highest BCUT2D eigenvalue weighted by Crippen LogP contribution is 2.54. The van der Waals surface area contributed by atoms with Gasteiger partial charge < -0.3 is 29.4 Å². The maximum Gasteiger partial charge on any atom is 0.481 e. The molecule has 1 aliphatic carbocycles. The standard InChI is InChI=1S/C34H47BCl2N2O6/c1-19(2)14-30(35-44-29-15-20(3)33(5,6)21(4)34(29,7)45-35)39-32(41)27(16-22-10-12-24(42-8)18-28(22)43-9)38-31(40)25-17-23(36)11-13-26(25)37/h10-13,17-21,27,29-30H,14-16H2,1-9H3,(H,38,40)(H,39,41)/t20-,21-,27-,29+,30-,34-/m0/s1. The molecule has 0 unspecified atom stereocenters. The minimum absolute atomic E-state index is 0.0642. The Morgan fingerprint density at radius 2 is 1.76 bits per heavy atom. The fourth-order valence-corrected chi connectivity index (χ4v) is 7.05. The lowest BCUT2D eigenvalue weighted by molar-refractivity contribution is -0.123. The molecule has 8 nitrogen and oxygen atoms in total. The predicted octanol–water partition coefficient (Wildman–Crippen LogP) is 6.79. The Hall–Kier alpha value is -2.46. The van der Waals surface area contributed by atoms with Crippen LogP contribution in [0.3, 0.4) is 0 Å². The van der Waals surface area contributed by atoms with Crippen molar-refractivity contribution in [3.63, 3.8) is 0 Å². The molecule has 2 aliphatic rings. The summed E-state index contributed by atoms with van der Waals surface area (Å²) in [5.41, 5.74) is 0.462. The highest BCUT2D eigenvalue weighted by molar-refractivity contribution is 6.48. The molecule has 1 saturated carbocycles. The van der Waals surface area contributed by atoms with E-state index in [1.54, 1.807) is 38.5 Å². The van der Waals surface area contributed by atoms with Crippen molar-refractivity contribution in [1.82, 2.24) is 10.6 Å². The summed E-state index contributed by atoms with van der Waals surface area (Å²) in [5.74, 6) is 0.723. The van der Waals surface area contributed by atoms with Crippen molar-refractivity contribution >= 4 is 42.1 Å². The molecule has 0 spiro atoms. The van der Waals surface area contributed by atoms with E-state index in [0.29, 0.717) is 34.4 Å². The Labute approximate surface area is 278 Å². The van der Waals surface area contributed by atoms with Crippen LogP contribution < -0.4 is 20.1 Å². The lowest BCUT2D eigenvalue weighted by Crippen LogP contribution is -2.57. The molecule has 0 bridgehead atoms. The number of carbonyl (C=O) groups excluding carboxylic acids is 2. The summed E-state index contributed by atoms with van der Waals surface area (Å²) in [6.07, 6.45) is 1.56. The summed E-state index contributed by atoms with van der Waals surface area (Å²) in [5, 5.41) is 6.68. The molecule has 4 rings (SSSR count). The van der Waals surface area contributed by atoms with E-state index in [9.17, 15) is 9.59 Å². The number of methoxy groups -OCH3 is 2. The molecule has 11 heteroatoms. The van der Waals surface area contributed by atoms with Gasteiger partial charge in [-0.2, -0.15) is 0 Å². The topological polar surface area (TPSA) is 95.1 Å². The van der Waals surface area contributed by atoms with Crippen molar-refractivity contribution in [2.24, 2.45) is 23.2 Å². The van der Waals surface area contributed by atoms with E-state index < -0.39 is 30.6 Å². The number of nitrogens with one attached hydrogen (secondary N) is 2. The number of halogens is 2. The molecule has 246 valence electrons. The largest absolute Gasteiger partial charge is 0.497 e. The van der Waals surface area contributed by atoms with Crippen LogP contribution in [0.2, 0.25) is 10.0 Å². The maximum absolute atomic E-state index is 14.2. The summed E-state index contributed by atoms with van der Waals surface area (Å²) in [6, 6.07) is 9.01. The summed E-state index contributed by atoms with van der Waals surface area (Å²) in [4.78, 5) is 27.7. The van der Waals surface area contributed by atoms with Gasteiger partial charge in [0.2, 0.25) is 5.91 Å². The Bertz CT molecular complexity index is 1390. The fraction of sp³-hybridized carbons (Fsp3) is 0.588. The molecule has 2 N–H and O–H groups in total. The van der Waals surface area contributed by atoms with E-state index >= 15 is 0 Å². The van der Waals surface area contributed by atoms with E-state index in [1.807, 2.05) is 6.07 Å². The number of ether oxygens (including phenoxy) is 2. The number of amides is 2. The van der Waals surface area contributed by atoms with Gasteiger partial charge in [0.25, 0.3) is 5.91 Å². The highest BCUT2D eigenvalue weighted by Gasteiger charge is 2.61. The molecule has 0 radical (unpaired) electrons. The van der Waals surface area contributed by atoms with Crippen molar-refractivity contribution in [3.05, 3.63) is 57.6 Å². The van der Waals surface area contributed by atoms with Gasteiger partial charge >= 0.3 is 7.12 Å². The van der Waals surface area contributed by atoms with Crippen LogP contribution in [-0.2, 0) is 20.5 Å². The number of fused-ring (bicyclic) bond motifs is 1. The van der Waals surface area contributed by atoms with Crippen molar-refractivity contribution in [2.75, 3.05) is 14.2 Å². The molecule has 1 saturated heterocycles. The van der Waals surface area contributed by atoms with Crippen LogP contribution in [0, 0.1) is 23.2 Å². The first-order valence-corrected chi connectivity index (χ1v) is 16.5. The summed E-state index contributed by atoms with van der Waals surface area (Å²) in [7, 11) is 2.48. The SMILES string of the molecule is COc1ccc(C[C@H](NC(=O)c2cc(Cl)ccc2Cl)C(=O)N[C@@H](CC(C)C)B2O[C@@H]3C[C@H](C)C(C)(C)[C@H](C)[C@]3(C)O2)c(OC)c1. The van der Waals surface area contributed by atoms with Crippen molar-refractivity contribution in [2.45, 2.75) is 91.4 Å². The number of hydrogen-bond acceptors (Lipinski definition) is 6. The van der Waals surface area contributed by atoms with Crippen molar-refractivity contribution < 1.29 is 28.4 Å². The third kappa shape index (κ3) is 7.59. The van der Waals surface area contributed by atoms with E-state index in [0.717, 1.165) is 6.42 Å². The molecule has 0 aromatic heterocycles. The van der Waals surface area contributed by atoms with Crippen LogP contribution in [0.25, 0.3) is 0 Å². The number of hydrogen-bond donors (Lipinski definition) is 2. The minimum atomic E-state index is -0.985. The molecule has 2 aromatic rings. The smallest absolute Gasteiger partial charge is 0.481 e. The van der Waals surface area contributed by atoms with Crippen LogP contribution >= 0.6 is 23.2 Å². The van der Waals surface area contributed by atoms with E-state index in [1.165, 1.54) is 6.07 Å². The fourth-order valence-electron chi connectivity index (χ4n) is 6.68. The molecular formula is C34H47BCl2N2O6. The van der Waals surface area contributed by atoms with Gasteiger partial charge in [-0.3, -0.25) is 9.59 Å². The highest BCUT2D eigenvalue weighted by atomic mass is 35.5. The average molecular weight is 661 g/mol. The first-order chi connectivity index (χ1) is 21.1. The maximum atomic E-state index is 14.2. The zero-order valence-corrected chi connectivity index (χ0v) is 29.3. The van der Waals surface area contributed by atoms with Gasteiger partial charge in [-0.05, 0) is 72.8 Å². The second-order valence-corrected chi connectivity index (χ2v) is 14.6. The summed E-state index contributed by atoms with van der Waals surface area (Å²) >= 11 is 12.5. The zero-order chi connectivity index (χ0) is 33.3. The van der Waals surface area contributed by atoms with Gasteiger partial charge in [0.15, 0.2) is 0 Å². The minimum Gasteiger partial charge on any atom is -0.497 e. The number of rotatable bonds is 11. The van der Waals surface area contributed by atoms with Crippen LogP contribution in [0.4, 0.5) is 0 Å². The summed E-state index contributed by atoms with van der Waals surface area (Å²) < 4.78 is 24.3. The molecule has 2 fully saturated rings. The number of carbonyl (C=O) groups is 2. The second kappa shape index (κ2) is 14.1. The Kier molecular flexibility index (Phi) is 11.1. The lowest BCUT2D eigenvalue weighted by atomic mass is 9.57. The molecule has 2 aromatic carbocycles. The quantitative estimate of drug-likeness (QED) is 0.258. The van der Waals surface area contributed by atoms with Crippen molar-refractivity contribution in [1.29, 1.82) is 0 Å². The monoisotopic (exact) mass is 660 g/mol. The molecular weight excluding hydrogens is 614 g/mol. The first kappa shape index (κ1) is 35.4. The Morgan fingerprint density at radius 1 is 1.04 bits per heavy atom. The Morgan fingerprint density at radius 3 is 2.40 bits per heavy atom. The third-order valence-corrected chi connectivity index (χ3v) is 10.8. The summed E-state index contributed by atoms with van der Waals surface area (Å²) in [6.45, 7) is 15.4. The average Bonchev–Trinajstić information content (AvgIpc) is 3.33. The van der Waals surface area contributed by atoms with Gasteiger partial charge in [-0.1, -0.05) is 70.8 Å². The van der Waals surface area contributed by atoms with Crippen LogP contribution in [0.1, 0.15) is 77.2 Å². The lowest BCUT2D eigenvalue weighted by Gasteiger charge is -2.53. The molecule has 1 aliphatic heterocycles. The molecule has 45 heavy (non-hydrogen) atoms. The van der Waals surface area contributed by atoms with Gasteiger partial charge in [-0.25, -0.2) is 0 Å². The number of benzene rings is 2. The zero-order valence-electron chi connectivity index (χ0n) is 27.8. The first-order valence-electron chi connectivity index (χ1n) is 15.7. The Balaban J connectivity index is 1.63. The second-order valence-electron chi connectivity index (χ2n) is 13.8. The van der Waals surface area contributed by atoms with Gasteiger partial charge in [0.1, 0.15) is 17.5 Å². The van der Waals surface area contributed by atoms with Gasteiger partial charge in [0.05, 0.1) is 42.5 Å². The third-order valence-electron chi connectivity index (χ3n) is 10.2. The van der Waals surface area contributed by atoms with E-state index in [-0.39, 0.29) is 46.3 Å². The molecule has 2 amide bonds. The normalized spacial score (nSPS) is 25.3. The van der Waals surface area contributed by atoms with Crippen LogP contribution in [0.5, 0.6) is 11.5 Å². The predicted molar refractivity (Wildman–Crippen MR) is 179 cm³/mol. The molecule has 6 atom stereocenters. The van der Waals surface area contributed by atoms with Crippen LogP contribution in [-0.4, -0.2) is 56.8 Å².